The summed E-state index contributed by atoms with van der Waals surface area (Å²) in [5.74, 6) is 0.645. The molecule has 1 aliphatic heterocycles. The summed E-state index contributed by atoms with van der Waals surface area (Å²) in [5, 5.41) is 9.86. The van der Waals surface area contributed by atoms with Gasteiger partial charge < -0.3 is 19.6 Å². The van der Waals surface area contributed by atoms with Gasteiger partial charge in [-0.1, -0.05) is 42.5 Å². The Labute approximate surface area is 200 Å². The molecule has 6 heteroatoms. The predicted molar refractivity (Wildman–Crippen MR) is 131 cm³/mol. The molecule has 6 nitrogen and oxygen atoms in total. The number of nitrogens with zero attached hydrogens (tertiary/aromatic N) is 2. The molecule has 1 heterocycles. The lowest BCUT2D eigenvalue weighted by atomic mass is 10.00. The van der Waals surface area contributed by atoms with Gasteiger partial charge >= 0.3 is 0 Å². The Bertz CT molecular complexity index is 1110. The molecule has 0 radical (unpaired) electrons. The second-order valence-electron chi connectivity index (χ2n) is 8.51. The molecule has 1 aliphatic rings. The lowest BCUT2D eigenvalue weighted by Gasteiger charge is -2.41. The molecular formula is C28H30N2O4. The zero-order valence-corrected chi connectivity index (χ0v) is 19.4. The molecule has 3 aromatic carbocycles. The molecule has 0 spiro atoms. The Morgan fingerprint density at radius 3 is 2.44 bits per heavy atom. The number of rotatable bonds is 8. The van der Waals surface area contributed by atoms with Crippen molar-refractivity contribution in [1.82, 2.24) is 9.80 Å². The Hall–Kier alpha value is -3.80. The smallest absolute Gasteiger partial charge is 0.254 e. The highest BCUT2D eigenvalue weighted by atomic mass is 16.5. The summed E-state index contributed by atoms with van der Waals surface area (Å²) in [7, 11) is 0. The summed E-state index contributed by atoms with van der Waals surface area (Å²) in [5.41, 5.74) is 2.60. The fourth-order valence-corrected chi connectivity index (χ4v) is 4.37. The molecule has 2 amide bonds. The first kappa shape index (κ1) is 23.4. The lowest BCUT2D eigenvalue weighted by Crippen LogP contribution is -2.57. The van der Waals surface area contributed by atoms with E-state index in [4.69, 9.17) is 4.74 Å². The normalized spacial score (nSPS) is 15.9. The molecule has 0 unspecified atom stereocenters. The minimum atomic E-state index is -0.155. The van der Waals surface area contributed by atoms with Crippen LogP contribution in [-0.2, 0) is 17.8 Å². The third kappa shape index (κ3) is 5.76. The van der Waals surface area contributed by atoms with Gasteiger partial charge in [0.05, 0.1) is 12.6 Å². The van der Waals surface area contributed by atoms with Crippen molar-refractivity contribution < 1.29 is 19.4 Å². The third-order valence-corrected chi connectivity index (χ3v) is 6.09. The van der Waals surface area contributed by atoms with Crippen LogP contribution in [0.1, 0.15) is 34.8 Å². The highest BCUT2D eigenvalue weighted by Crippen LogP contribution is 2.23. The molecule has 0 bridgehead atoms. The van der Waals surface area contributed by atoms with E-state index in [2.05, 4.69) is 12.1 Å². The van der Waals surface area contributed by atoms with E-state index in [1.54, 1.807) is 47.4 Å². The number of phenolic OH excluding ortho intramolecular Hbond substituents is 1. The maximum absolute atomic E-state index is 13.2. The number of aryl methyl sites for hydroxylation is 1. The Kier molecular flexibility index (Phi) is 7.48. The number of hydrogen-bond acceptors (Lipinski definition) is 4. The number of amides is 2. The van der Waals surface area contributed by atoms with E-state index in [1.165, 1.54) is 5.56 Å². The van der Waals surface area contributed by atoms with E-state index in [9.17, 15) is 14.7 Å². The Morgan fingerprint density at radius 2 is 1.74 bits per heavy atom. The fourth-order valence-electron chi connectivity index (χ4n) is 4.37. The summed E-state index contributed by atoms with van der Waals surface area (Å²) < 4.78 is 5.47. The van der Waals surface area contributed by atoms with Crippen LogP contribution in [0.15, 0.2) is 78.9 Å². The van der Waals surface area contributed by atoms with Crippen molar-refractivity contribution in [2.45, 2.75) is 32.4 Å². The maximum atomic E-state index is 13.2. The topological polar surface area (TPSA) is 70.1 Å². The minimum absolute atomic E-state index is 0.0344. The van der Waals surface area contributed by atoms with Crippen molar-refractivity contribution in [3.05, 3.63) is 95.6 Å². The van der Waals surface area contributed by atoms with E-state index in [1.807, 2.05) is 36.1 Å². The molecule has 0 aromatic heterocycles. The molecule has 1 atom stereocenters. The first-order chi connectivity index (χ1) is 16.5. The van der Waals surface area contributed by atoms with Crippen molar-refractivity contribution in [3.63, 3.8) is 0 Å². The second kappa shape index (κ2) is 10.9. The van der Waals surface area contributed by atoms with Gasteiger partial charge in [-0.2, -0.15) is 0 Å². The third-order valence-electron chi connectivity index (χ3n) is 6.09. The van der Waals surface area contributed by atoms with E-state index in [-0.39, 0.29) is 30.2 Å². The Balaban J connectivity index is 1.52. The van der Waals surface area contributed by atoms with Crippen LogP contribution in [0, 0.1) is 0 Å². The van der Waals surface area contributed by atoms with E-state index >= 15 is 0 Å². The Morgan fingerprint density at radius 1 is 1.00 bits per heavy atom. The van der Waals surface area contributed by atoms with Gasteiger partial charge in [-0.3, -0.25) is 9.59 Å². The second-order valence-corrected chi connectivity index (χ2v) is 8.51. The van der Waals surface area contributed by atoms with Crippen molar-refractivity contribution in [2.24, 2.45) is 0 Å². The molecule has 176 valence electrons. The van der Waals surface area contributed by atoms with Crippen LogP contribution in [0.2, 0.25) is 0 Å². The number of phenols is 1. The number of carbonyl (C=O) groups excluding carboxylic acids is 2. The number of piperazine rings is 1. The van der Waals surface area contributed by atoms with E-state index in [0.717, 1.165) is 18.4 Å². The summed E-state index contributed by atoms with van der Waals surface area (Å²) in [4.78, 5) is 30.0. The largest absolute Gasteiger partial charge is 0.508 e. The van der Waals surface area contributed by atoms with Gasteiger partial charge in [0.2, 0.25) is 5.91 Å². The number of ether oxygens (including phenoxy) is 1. The van der Waals surface area contributed by atoms with Crippen LogP contribution in [0.3, 0.4) is 0 Å². The number of benzene rings is 3. The quantitative estimate of drug-likeness (QED) is 0.547. The first-order valence-corrected chi connectivity index (χ1v) is 11.7. The standard InChI is InChI=1S/C28H30N2O4/c1-2-34-26-15-12-23(13-16-26)28(33)29-19-24(14-11-21-7-4-3-5-8-21)30(27(32)20-29)18-22-9-6-10-25(31)17-22/h3-10,12-13,15-17,24,31H,2,11,14,18-20H2,1H3/t24-/m0/s1. The number of hydrogen-bond donors (Lipinski definition) is 1. The predicted octanol–water partition coefficient (Wildman–Crippen LogP) is 4.28. The zero-order chi connectivity index (χ0) is 23.9. The van der Waals surface area contributed by atoms with Crippen molar-refractivity contribution >= 4 is 11.8 Å². The van der Waals surface area contributed by atoms with Gasteiger partial charge in [0, 0.05) is 18.7 Å². The van der Waals surface area contributed by atoms with Gasteiger partial charge in [-0.15, -0.1) is 0 Å². The van der Waals surface area contributed by atoms with E-state index < -0.39 is 0 Å². The molecule has 1 fully saturated rings. The fraction of sp³-hybridized carbons (Fsp3) is 0.286. The average molecular weight is 459 g/mol. The van der Waals surface area contributed by atoms with Crippen molar-refractivity contribution in [1.29, 1.82) is 0 Å². The summed E-state index contributed by atoms with van der Waals surface area (Å²) in [6.45, 7) is 3.37. The van der Waals surface area contributed by atoms with Gasteiger partial charge in [0.1, 0.15) is 18.0 Å². The zero-order valence-electron chi connectivity index (χ0n) is 19.4. The van der Waals surface area contributed by atoms with Gasteiger partial charge in [-0.05, 0) is 67.3 Å². The lowest BCUT2D eigenvalue weighted by molar-refractivity contribution is -0.139. The van der Waals surface area contributed by atoms with Crippen LogP contribution in [0.25, 0.3) is 0 Å². The highest BCUT2D eigenvalue weighted by molar-refractivity contribution is 5.97. The summed E-state index contributed by atoms with van der Waals surface area (Å²) in [6.07, 6.45) is 1.54. The van der Waals surface area contributed by atoms with Gasteiger partial charge in [0.25, 0.3) is 5.91 Å². The van der Waals surface area contributed by atoms with Crippen molar-refractivity contribution in [3.8, 4) is 11.5 Å². The highest BCUT2D eigenvalue weighted by Gasteiger charge is 2.34. The summed E-state index contributed by atoms with van der Waals surface area (Å²) >= 11 is 0. The van der Waals surface area contributed by atoms with Crippen LogP contribution >= 0.6 is 0 Å². The van der Waals surface area contributed by atoms with Crippen LogP contribution in [0.5, 0.6) is 11.5 Å². The van der Waals surface area contributed by atoms with E-state index in [0.29, 0.717) is 31.0 Å². The molecule has 4 rings (SSSR count). The first-order valence-electron chi connectivity index (χ1n) is 11.7. The van der Waals surface area contributed by atoms with Gasteiger partial charge in [-0.25, -0.2) is 0 Å². The van der Waals surface area contributed by atoms with Crippen molar-refractivity contribution in [2.75, 3.05) is 19.7 Å². The monoisotopic (exact) mass is 458 g/mol. The molecule has 3 aromatic rings. The molecule has 0 saturated carbocycles. The van der Waals surface area contributed by atoms with Crippen LogP contribution < -0.4 is 4.74 Å². The van der Waals surface area contributed by atoms with Crippen LogP contribution in [-0.4, -0.2) is 52.5 Å². The van der Waals surface area contributed by atoms with Crippen LogP contribution in [0.4, 0.5) is 0 Å². The molecule has 0 aliphatic carbocycles. The minimum Gasteiger partial charge on any atom is -0.508 e. The molecular weight excluding hydrogens is 428 g/mol. The van der Waals surface area contributed by atoms with Gasteiger partial charge in [0.15, 0.2) is 0 Å². The molecule has 1 saturated heterocycles. The maximum Gasteiger partial charge on any atom is 0.254 e. The summed E-state index contributed by atoms with van der Waals surface area (Å²) in [6, 6.07) is 24.1. The number of carbonyl (C=O) groups is 2. The SMILES string of the molecule is CCOc1ccc(C(=O)N2CC(=O)N(Cc3cccc(O)c3)[C@@H](CCc3ccccc3)C2)cc1. The number of aromatic hydroxyl groups is 1. The molecule has 34 heavy (non-hydrogen) atoms. The molecule has 1 N–H and O–H groups in total. The average Bonchev–Trinajstić information content (AvgIpc) is 2.85.